The second-order valence-corrected chi connectivity index (χ2v) is 8.67. The maximum absolute atomic E-state index is 12.8. The lowest BCUT2D eigenvalue weighted by Gasteiger charge is -2.30. The third-order valence-electron chi connectivity index (χ3n) is 5.55. The molecule has 5 rings (SSSR count). The third-order valence-corrected chi connectivity index (χ3v) is 6.42. The molecule has 7 nitrogen and oxygen atoms in total. The largest absolute Gasteiger partial charge is 0.423 e. The van der Waals surface area contributed by atoms with E-state index < -0.39 is 0 Å². The number of oxazole rings is 1. The van der Waals surface area contributed by atoms with Crippen LogP contribution in [0.25, 0.3) is 11.1 Å². The van der Waals surface area contributed by atoms with Crippen LogP contribution in [0, 0.1) is 5.92 Å². The van der Waals surface area contributed by atoms with Crippen molar-refractivity contribution in [2.24, 2.45) is 5.92 Å². The topological polar surface area (TPSA) is 87.5 Å². The Bertz CT molecular complexity index is 1210. The lowest BCUT2D eigenvalue weighted by molar-refractivity contribution is -0.120. The molecular formula is C24H22N4O3S. The Hall–Kier alpha value is -3.65. The minimum absolute atomic E-state index is 0.0102. The second-order valence-electron chi connectivity index (χ2n) is 7.73. The molecule has 4 aromatic rings. The van der Waals surface area contributed by atoms with Gasteiger partial charge < -0.3 is 20.0 Å². The van der Waals surface area contributed by atoms with Gasteiger partial charge in [-0.3, -0.25) is 9.59 Å². The highest BCUT2D eigenvalue weighted by Gasteiger charge is 2.27. The number of rotatable bonds is 5. The van der Waals surface area contributed by atoms with Crippen molar-refractivity contribution in [2.75, 3.05) is 28.6 Å². The number of hydrogen-bond acceptors (Lipinski definition) is 6. The highest BCUT2D eigenvalue weighted by molar-refractivity contribution is 7.12. The SMILES string of the molecule is O=C(Nc1cccc(NC(=O)C2CCN(c3nc4ccccc4o3)CC2)c1)c1cccs1. The fraction of sp³-hybridized carbons (Fsp3) is 0.208. The van der Waals surface area contributed by atoms with Crippen LogP contribution < -0.4 is 15.5 Å². The maximum Gasteiger partial charge on any atom is 0.298 e. The first-order chi connectivity index (χ1) is 15.7. The molecule has 2 N–H and O–H groups in total. The summed E-state index contributed by atoms with van der Waals surface area (Å²) in [6.07, 6.45) is 1.44. The maximum atomic E-state index is 12.8. The van der Waals surface area contributed by atoms with Crippen LogP contribution in [0.3, 0.4) is 0 Å². The molecule has 0 bridgehead atoms. The van der Waals surface area contributed by atoms with Gasteiger partial charge in [-0.2, -0.15) is 4.98 Å². The van der Waals surface area contributed by atoms with Gasteiger partial charge in [0.1, 0.15) is 5.52 Å². The number of aromatic nitrogens is 1. The molecule has 0 radical (unpaired) electrons. The van der Waals surface area contributed by atoms with Gasteiger partial charge in [0.15, 0.2) is 5.58 Å². The van der Waals surface area contributed by atoms with Crippen LogP contribution in [0.15, 0.2) is 70.5 Å². The molecule has 0 unspecified atom stereocenters. The summed E-state index contributed by atoms with van der Waals surface area (Å²) in [7, 11) is 0. The number of amides is 2. The molecular weight excluding hydrogens is 424 g/mol. The first-order valence-corrected chi connectivity index (χ1v) is 11.4. The Balaban J connectivity index is 1.17. The fourth-order valence-electron chi connectivity index (χ4n) is 3.85. The Morgan fingerprint density at radius 3 is 2.50 bits per heavy atom. The molecule has 0 atom stereocenters. The zero-order valence-corrected chi connectivity index (χ0v) is 18.1. The molecule has 2 amide bonds. The van der Waals surface area contributed by atoms with E-state index in [1.165, 1.54) is 11.3 Å². The minimum atomic E-state index is -0.157. The van der Waals surface area contributed by atoms with Crippen molar-refractivity contribution in [2.45, 2.75) is 12.8 Å². The number of para-hydroxylation sites is 2. The van der Waals surface area contributed by atoms with E-state index in [1.54, 1.807) is 18.2 Å². The van der Waals surface area contributed by atoms with Crippen molar-refractivity contribution in [3.8, 4) is 0 Å². The van der Waals surface area contributed by atoms with Gasteiger partial charge in [0, 0.05) is 30.4 Å². The Kier molecular flexibility index (Phi) is 5.60. The number of nitrogens with zero attached hydrogens (tertiary/aromatic N) is 2. The smallest absolute Gasteiger partial charge is 0.298 e. The first-order valence-electron chi connectivity index (χ1n) is 10.5. The number of benzene rings is 2. The van der Waals surface area contributed by atoms with Crippen LogP contribution in [0.1, 0.15) is 22.5 Å². The van der Waals surface area contributed by atoms with Gasteiger partial charge in [-0.25, -0.2) is 0 Å². The van der Waals surface area contributed by atoms with E-state index in [0.29, 0.717) is 35.4 Å². The third kappa shape index (κ3) is 4.36. The van der Waals surface area contributed by atoms with E-state index in [1.807, 2.05) is 47.8 Å². The Labute approximate surface area is 189 Å². The zero-order valence-electron chi connectivity index (χ0n) is 17.3. The van der Waals surface area contributed by atoms with E-state index in [2.05, 4.69) is 20.5 Å². The van der Waals surface area contributed by atoms with Gasteiger partial charge in [0.2, 0.25) is 5.91 Å². The fourth-order valence-corrected chi connectivity index (χ4v) is 4.47. The van der Waals surface area contributed by atoms with E-state index in [0.717, 1.165) is 23.9 Å². The van der Waals surface area contributed by atoms with Crippen LogP contribution in [0.5, 0.6) is 0 Å². The molecule has 2 aromatic heterocycles. The number of carbonyl (C=O) groups excluding carboxylic acids is 2. The van der Waals surface area contributed by atoms with E-state index in [4.69, 9.17) is 4.42 Å². The molecule has 1 fully saturated rings. The first kappa shape index (κ1) is 20.3. The van der Waals surface area contributed by atoms with Crippen molar-refractivity contribution in [3.63, 3.8) is 0 Å². The van der Waals surface area contributed by atoms with Crippen LogP contribution in [0.2, 0.25) is 0 Å². The average molecular weight is 447 g/mol. The predicted octanol–water partition coefficient (Wildman–Crippen LogP) is 5.00. The van der Waals surface area contributed by atoms with Crippen molar-refractivity contribution in [1.29, 1.82) is 0 Å². The summed E-state index contributed by atoms with van der Waals surface area (Å²) < 4.78 is 5.85. The molecule has 162 valence electrons. The summed E-state index contributed by atoms with van der Waals surface area (Å²) in [6.45, 7) is 1.42. The Morgan fingerprint density at radius 1 is 0.969 bits per heavy atom. The van der Waals surface area contributed by atoms with Gasteiger partial charge in [-0.15, -0.1) is 11.3 Å². The zero-order chi connectivity index (χ0) is 21.9. The number of piperidine rings is 1. The summed E-state index contributed by atoms with van der Waals surface area (Å²) in [5.41, 5.74) is 2.93. The molecule has 8 heteroatoms. The monoisotopic (exact) mass is 446 g/mol. The molecule has 1 aliphatic heterocycles. The van der Waals surface area contributed by atoms with Gasteiger partial charge >= 0.3 is 0 Å². The minimum Gasteiger partial charge on any atom is -0.423 e. The molecule has 32 heavy (non-hydrogen) atoms. The van der Waals surface area contributed by atoms with E-state index in [-0.39, 0.29) is 17.7 Å². The molecule has 0 spiro atoms. The Morgan fingerprint density at radius 2 is 1.75 bits per heavy atom. The van der Waals surface area contributed by atoms with Gasteiger partial charge in [0.25, 0.3) is 11.9 Å². The standard InChI is InChI=1S/C24H22N4O3S/c29-22(25-17-5-3-6-18(15-17)26-23(30)21-9-4-14-32-21)16-10-12-28(13-11-16)24-27-19-7-1-2-8-20(19)31-24/h1-9,14-16H,10-13H2,(H,25,29)(H,26,30). The summed E-state index contributed by atoms with van der Waals surface area (Å²) >= 11 is 1.39. The number of nitrogens with one attached hydrogen (secondary N) is 2. The quantitative estimate of drug-likeness (QED) is 0.451. The number of fused-ring (bicyclic) bond motifs is 1. The lowest BCUT2D eigenvalue weighted by atomic mass is 9.96. The van der Waals surface area contributed by atoms with Crippen molar-refractivity contribution >= 4 is 51.6 Å². The molecule has 3 heterocycles. The second kappa shape index (κ2) is 8.84. The van der Waals surface area contributed by atoms with Crippen molar-refractivity contribution in [1.82, 2.24) is 4.98 Å². The number of carbonyl (C=O) groups is 2. The predicted molar refractivity (Wildman–Crippen MR) is 126 cm³/mol. The van der Waals surface area contributed by atoms with Crippen LogP contribution >= 0.6 is 11.3 Å². The molecule has 1 saturated heterocycles. The average Bonchev–Trinajstić information content (AvgIpc) is 3.50. The van der Waals surface area contributed by atoms with Gasteiger partial charge in [-0.05, 0) is 54.6 Å². The summed E-state index contributed by atoms with van der Waals surface area (Å²) in [5.74, 6) is -0.251. The highest BCUT2D eigenvalue weighted by Crippen LogP contribution is 2.27. The van der Waals surface area contributed by atoms with Crippen molar-refractivity contribution in [3.05, 3.63) is 70.9 Å². The number of hydrogen-bond donors (Lipinski definition) is 2. The number of thiophene rings is 1. The molecule has 1 aliphatic rings. The van der Waals surface area contributed by atoms with E-state index >= 15 is 0 Å². The van der Waals surface area contributed by atoms with Crippen molar-refractivity contribution < 1.29 is 14.0 Å². The normalized spacial score (nSPS) is 14.4. The molecule has 0 aliphatic carbocycles. The van der Waals surface area contributed by atoms with Gasteiger partial charge in [-0.1, -0.05) is 24.3 Å². The molecule has 2 aromatic carbocycles. The molecule has 0 saturated carbocycles. The number of anilines is 3. The highest BCUT2D eigenvalue weighted by atomic mass is 32.1. The van der Waals surface area contributed by atoms with E-state index in [9.17, 15) is 9.59 Å². The summed E-state index contributed by atoms with van der Waals surface area (Å²) in [5, 5.41) is 7.72. The van der Waals surface area contributed by atoms with Crippen LogP contribution in [-0.2, 0) is 4.79 Å². The summed E-state index contributed by atoms with van der Waals surface area (Å²) in [6, 6.07) is 19.1. The van der Waals surface area contributed by atoms with Gasteiger partial charge in [0.05, 0.1) is 4.88 Å². The summed E-state index contributed by atoms with van der Waals surface area (Å²) in [4.78, 5) is 32.4. The van der Waals surface area contributed by atoms with Crippen LogP contribution in [-0.4, -0.2) is 29.9 Å². The van der Waals surface area contributed by atoms with Crippen LogP contribution in [0.4, 0.5) is 17.4 Å². The lowest BCUT2D eigenvalue weighted by Crippen LogP contribution is -2.38.